The van der Waals surface area contributed by atoms with Gasteiger partial charge in [-0.15, -0.1) is 0 Å². The Labute approximate surface area is 224 Å². The summed E-state index contributed by atoms with van der Waals surface area (Å²) < 4.78 is 74.6. The SMILES string of the molecule is C[C@H](COC(=O)N1CCN(c2ccc(F)cc2)CC1)[C@@H](c1cc(F)ccc1F)S(=O)(=O)c1ccc(Cl)cc1. The summed E-state index contributed by atoms with van der Waals surface area (Å²) in [6, 6.07) is 14.1. The normalized spacial score (nSPS) is 15.7. The predicted molar refractivity (Wildman–Crippen MR) is 138 cm³/mol. The lowest BCUT2D eigenvalue weighted by Gasteiger charge is -2.35. The summed E-state index contributed by atoms with van der Waals surface area (Å²) in [5.41, 5.74) is 0.483. The van der Waals surface area contributed by atoms with E-state index in [2.05, 4.69) is 0 Å². The molecule has 1 heterocycles. The van der Waals surface area contributed by atoms with Gasteiger partial charge in [-0.3, -0.25) is 0 Å². The van der Waals surface area contributed by atoms with Gasteiger partial charge in [0.15, 0.2) is 9.84 Å². The highest BCUT2D eigenvalue weighted by molar-refractivity contribution is 7.91. The summed E-state index contributed by atoms with van der Waals surface area (Å²) in [7, 11) is -4.23. The van der Waals surface area contributed by atoms with Crippen LogP contribution in [0.5, 0.6) is 0 Å². The molecule has 6 nitrogen and oxygen atoms in total. The highest BCUT2D eigenvalue weighted by Crippen LogP contribution is 2.37. The van der Waals surface area contributed by atoms with E-state index < -0.39 is 38.7 Å². The Morgan fingerprint density at radius 2 is 1.53 bits per heavy atom. The molecule has 2 atom stereocenters. The minimum Gasteiger partial charge on any atom is -0.449 e. The van der Waals surface area contributed by atoms with Crippen molar-refractivity contribution in [1.29, 1.82) is 0 Å². The van der Waals surface area contributed by atoms with Crippen molar-refractivity contribution in [2.75, 3.05) is 37.7 Å². The Kier molecular flexibility index (Phi) is 8.52. The summed E-state index contributed by atoms with van der Waals surface area (Å²) in [4.78, 5) is 16.1. The highest BCUT2D eigenvalue weighted by Gasteiger charge is 2.37. The van der Waals surface area contributed by atoms with Crippen molar-refractivity contribution in [2.24, 2.45) is 5.92 Å². The van der Waals surface area contributed by atoms with Crippen LogP contribution in [0.1, 0.15) is 17.7 Å². The molecule has 0 saturated carbocycles. The Hall–Kier alpha value is -3.24. The number of hydrogen-bond acceptors (Lipinski definition) is 5. The maximum absolute atomic E-state index is 14.8. The zero-order valence-electron chi connectivity index (χ0n) is 20.5. The molecule has 202 valence electrons. The van der Waals surface area contributed by atoms with Gasteiger partial charge in [0.25, 0.3) is 0 Å². The average molecular weight is 567 g/mol. The van der Waals surface area contributed by atoms with Crippen LogP contribution < -0.4 is 4.90 Å². The van der Waals surface area contributed by atoms with Gasteiger partial charge < -0.3 is 14.5 Å². The number of piperazine rings is 1. The zero-order chi connectivity index (χ0) is 27.4. The molecule has 1 amide bonds. The highest BCUT2D eigenvalue weighted by atomic mass is 35.5. The topological polar surface area (TPSA) is 66.9 Å². The number of sulfone groups is 1. The van der Waals surface area contributed by atoms with E-state index in [1.807, 2.05) is 4.90 Å². The quantitative estimate of drug-likeness (QED) is 0.358. The number of amides is 1. The van der Waals surface area contributed by atoms with Gasteiger partial charge in [-0.05, 0) is 66.7 Å². The van der Waals surface area contributed by atoms with Crippen molar-refractivity contribution in [3.8, 4) is 0 Å². The number of halogens is 4. The zero-order valence-corrected chi connectivity index (χ0v) is 22.1. The van der Waals surface area contributed by atoms with E-state index >= 15 is 0 Å². The first-order valence-corrected chi connectivity index (χ1v) is 13.9. The first kappa shape index (κ1) is 27.8. The molecular formula is C27H26ClF3N2O4S. The Morgan fingerprint density at radius 1 is 0.921 bits per heavy atom. The minimum atomic E-state index is -4.23. The van der Waals surface area contributed by atoms with Crippen molar-refractivity contribution < 1.29 is 31.1 Å². The molecule has 0 unspecified atom stereocenters. The van der Waals surface area contributed by atoms with Gasteiger partial charge in [-0.2, -0.15) is 0 Å². The monoisotopic (exact) mass is 566 g/mol. The van der Waals surface area contributed by atoms with Crippen LogP contribution in [0, 0.1) is 23.4 Å². The molecule has 0 radical (unpaired) electrons. The molecular weight excluding hydrogens is 541 g/mol. The van der Waals surface area contributed by atoms with Crippen molar-refractivity contribution in [3.63, 3.8) is 0 Å². The van der Waals surface area contributed by atoms with Crippen LogP contribution in [0.3, 0.4) is 0 Å². The van der Waals surface area contributed by atoms with Crippen molar-refractivity contribution in [3.05, 3.63) is 94.8 Å². The van der Waals surface area contributed by atoms with Crippen LogP contribution in [0.25, 0.3) is 0 Å². The van der Waals surface area contributed by atoms with Gasteiger partial charge in [0, 0.05) is 48.4 Å². The summed E-state index contributed by atoms with van der Waals surface area (Å²) in [5.74, 6) is -2.93. The smallest absolute Gasteiger partial charge is 0.409 e. The Bertz CT molecular complexity index is 1380. The largest absolute Gasteiger partial charge is 0.449 e. The van der Waals surface area contributed by atoms with E-state index in [1.54, 1.807) is 12.1 Å². The lowest BCUT2D eigenvalue weighted by Crippen LogP contribution is -2.49. The number of rotatable bonds is 7. The minimum absolute atomic E-state index is 0.120. The maximum atomic E-state index is 14.8. The third-order valence-corrected chi connectivity index (χ3v) is 9.03. The molecule has 4 rings (SSSR count). The molecule has 11 heteroatoms. The first-order valence-electron chi connectivity index (χ1n) is 11.9. The van der Waals surface area contributed by atoms with Gasteiger partial charge in [-0.1, -0.05) is 18.5 Å². The Balaban J connectivity index is 1.47. The fourth-order valence-electron chi connectivity index (χ4n) is 4.46. The van der Waals surface area contributed by atoms with Gasteiger partial charge >= 0.3 is 6.09 Å². The van der Waals surface area contributed by atoms with Gasteiger partial charge in [0.2, 0.25) is 0 Å². The molecule has 0 bridgehead atoms. The summed E-state index contributed by atoms with van der Waals surface area (Å²) in [6.45, 7) is 2.84. The number of nitrogens with zero attached hydrogens (tertiary/aromatic N) is 2. The van der Waals surface area contributed by atoms with Crippen LogP contribution >= 0.6 is 11.6 Å². The third kappa shape index (κ3) is 6.24. The standard InChI is InChI=1S/C27H26ClF3N2O4S/c1-18(17-37-27(34)33-14-12-32(13-15-33)22-7-4-20(29)5-8-22)26(24-16-21(30)6-11-25(24)31)38(35,36)23-9-2-19(28)3-10-23/h2-11,16,18,26H,12-15,17H2,1H3/t18-,26+/m1/s1. The van der Waals surface area contributed by atoms with Crippen molar-refractivity contribution >= 4 is 33.2 Å². The molecule has 1 aliphatic heterocycles. The van der Waals surface area contributed by atoms with E-state index in [9.17, 15) is 26.4 Å². The first-order chi connectivity index (χ1) is 18.1. The second-order valence-corrected chi connectivity index (χ2v) is 11.6. The second-order valence-electron chi connectivity index (χ2n) is 9.09. The number of ether oxygens (including phenoxy) is 1. The van der Waals surface area contributed by atoms with E-state index in [-0.39, 0.29) is 22.9 Å². The van der Waals surface area contributed by atoms with Gasteiger partial charge in [0.05, 0.1) is 16.8 Å². The summed E-state index contributed by atoms with van der Waals surface area (Å²) in [6.07, 6.45) is -0.641. The number of carbonyl (C=O) groups is 1. The summed E-state index contributed by atoms with van der Waals surface area (Å²) >= 11 is 5.89. The second kappa shape index (κ2) is 11.7. The van der Waals surface area contributed by atoms with E-state index in [1.165, 1.54) is 48.2 Å². The molecule has 38 heavy (non-hydrogen) atoms. The molecule has 1 aliphatic rings. The van der Waals surface area contributed by atoms with Crippen LogP contribution in [-0.2, 0) is 14.6 Å². The lowest BCUT2D eigenvalue weighted by molar-refractivity contribution is 0.0870. The molecule has 0 spiro atoms. The van der Waals surface area contributed by atoms with Gasteiger partial charge in [-0.25, -0.2) is 26.4 Å². The predicted octanol–water partition coefficient (Wildman–Crippen LogP) is 5.87. The number of anilines is 1. The lowest BCUT2D eigenvalue weighted by atomic mass is 10.0. The maximum Gasteiger partial charge on any atom is 0.409 e. The Morgan fingerprint density at radius 3 is 2.16 bits per heavy atom. The van der Waals surface area contributed by atoms with Crippen LogP contribution in [0.4, 0.5) is 23.7 Å². The molecule has 3 aromatic rings. The van der Waals surface area contributed by atoms with E-state index in [0.717, 1.165) is 23.9 Å². The van der Waals surface area contributed by atoms with Crippen LogP contribution in [0.2, 0.25) is 5.02 Å². The molecule has 0 N–H and O–H groups in total. The van der Waals surface area contributed by atoms with Crippen LogP contribution in [-0.4, -0.2) is 52.2 Å². The van der Waals surface area contributed by atoms with Crippen LogP contribution in [0.15, 0.2) is 71.6 Å². The van der Waals surface area contributed by atoms with E-state index in [4.69, 9.17) is 16.3 Å². The van der Waals surface area contributed by atoms with E-state index in [0.29, 0.717) is 31.2 Å². The van der Waals surface area contributed by atoms with Crippen molar-refractivity contribution in [1.82, 2.24) is 4.90 Å². The fourth-order valence-corrected chi connectivity index (χ4v) is 6.60. The average Bonchev–Trinajstić information content (AvgIpc) is 2.90. The fraction of sp³-hybridized carbons (Fsp3) is 0.296. The van der Waals surface area contributed by atoms with Gasteiger partial charge in [0.1, 0.15) is 17.5 Å². The van der Waals surface area contributed by atoms with Crippen molar-refractivity contribution in [2.45, 2.75) is 17.1 Å². The number of carbonyl (C=O) groups excluding carboxylic acids is 1. The number of hydrogen-bond donors (Lipinski definition) is 0. The molecule has 1 fully saturated rings. The number of benzene rings is 3. The molecule has 3 aromatic carbocycles. The third-order valence-electron chi connectivity index (χ3n) is 6.46. The molecule has 0 aliphatic carbocycles. The summed E-state index contributed by atoms with van der Waals surface area (Å²) in [5, 5.41) is -1.21. The molecule has 0 aromatic heterocycles. The molecule has 1 saturated heterocycles.